The number of imide groups is 1. The van der Waals surface area contributed by atoms with Crippen molar-refractivity contribution < 1.29 is 9.59 Å². The summed E-state index contributed by atoms with van der Waals surface area (Å²) in [6.45, 7) is 1.95. The lowest BCUT2D eigenvalue weighted by molar-refractivity contribution is -0.126. The Hall–Kier alpha value is -2.21. The zero-order chi connectivity index (χ0) is 13.7. The van der Waals surface area contributed by atoms with Gasteiger partial charge < -0.3 is 4.40 Å². The number of pyridine rings is 1. The SMILES string of the molecule is O=C1NC(=O)C2CN(Cc3cn4ccccc4n3)CC12. The first-order chi connectivity index (χ1) is 9.70. The smallest absolute Gasteiger partial charge is 0.231 e. The van der Waals surface area contributed by atoms with E-state index in [1.807, 2.05) is 35.0 Å². The van der Waals surface area contributed by atoms with Crippen molar-refractivity contribution >= 4 is 17.5 Å². The summed E-state index contributed by atoms with van der Waals surface area (Å²) in [5.41, 5.74) is 1.87. The van der Waals surface area contributed by atoms with E-state index < -0.39 is 0 Å². The summed E-state index contributed by atoms with van der Waals surface area (Å²) >= 11 is 0. The predicted octanol–water partition coefficient (Wildman–Crippen LogP) is 0.0387. The Kier molecular flexibility index (Phi) is 2.40. The van der Waals surface area contributed by atoms with Crippen LogP contribution in [0.15, 0.2) is 30.6 Å². The lowest BCUT2D eigenvalue weighted by Crippen LogP contribution is -2.31. The van der Waals surface area contributed by atoms with Gasteiger partial charge in [-0.05, 0) is 12.1 Å². The first-order valence-corrected chi connectivity index (χ1v) is 6.70. The number of carbonyl (C=O) groups is 2. The average Bonchev–Trinajstić information content (AvgIpc) is 3.07. The lowest BCUT2D eigenvalue weighted by atomic mass is 10.00. The van der Waals surface area contributed by atoms with Gasteiger partial charge in [0.1, 0.15) is 5.65 Å². The van der Waals surface area contributed by atoms with Gasteiger partial charge in [0.15, 0.2) is 0 Å². The maximum Gasteiger partial charge on any atom is 0.231 e. The Morgan fingerprint density at radius 3 is 2.65 bits per heavy atom. The summed E-state index contributed by atoms with van der Waals surface area (Å²) in [4.78, 5) is 29.9. The van der Waals surface area contributed by atoms with E-state index in [9.17, 15) is 9.59 Å². The van der Waals surface area contributed by atoms with Gasteiger partial charge in [0.2, 0.25) is 11.8 Å². The van der Waals surface area contributed by atoms with E-state index >= 15 is 0 Å². The molecule has 2 aliphatic rings. The molecule has 0 saturated carbocycles. The van der Waals surface area contributed by atoms with Gasteiger partial charge in [-0.3, -0.25) is 19.8 Å². The first kappa shape index (κ1) is 11.6. The Balaban J connectivity index is 1.53. The van der Waals surface area contributed by atoms with Crippen LogP contribution in [0.25, 0.3) is 5.65 Å². The first-order valence-electron chi connectivity index (χ1n) is 6.70. The van der Waals surface area contributed by atoms with Crippen LogP contribution in [0.1, 0.15) is 5.69 Å². The summed E-state index contributed by atoms with van der Waals surface area (Å²) in [5.74, 6) is -0.617. The van der Waals surface area contributed by atoms with E-state index in [0.717, 1.165) is 11.3 Å². The molecule has 2 aromatic heterocycles. The number of hydrogen-bond acceptors (Lipinski definition) is 4. The highest BCUT2D eigenvalue weighted by Gasteiger charge is 2.47. The molecule has 2 saturated heterocycles. The summed E-state index contributed by atoms with van der Waals surface area (Å²) in [6, 6.07) is 5.87. The average molecular weight is 270 g/mol. The van der Waals surface area contributed by atoms with Crippen LogP contribution in [-0.2, 0) is 16.1 Å². The molecular formula is C14H14N4O2. The van der Waals surface area contributed by atoms with Crippen LogP contribution < -0.4 is 5.32 Å². The number of amides is 2. The van der Waals surface area contributed by atoms with Gasteiger partial charge in [-0.2, -0.15) is 0 Å². The van der Waals surface area contributed by atoms with E-state index in [4.69, 9.17) is 0 Å². The maximum absolute atomic E-state index is 11.6. The highest BCUT2D eigenvalue weighted by Crippen LogP contribution is 2.29. The summed E-state index contributed by atoms with van der Waals surface area (Å²) in [5, 5.41) is 2.40. The number of fused-ring (bicyclic) bond motifs is 2. The number of rotatable bonds is 2. The zero-order valence-corrected chi connectivity index (χ0v) is 10.8. The van der Waals surface area contributed by atoms with Crippen LogP contribution in [0.4, 0.5) is 0 Å². The number of nitrogens with one attached hydrogen (secondary N) is 1. The van der Waals surface area contributed by atoms with Gasteiger partial charge in [-0.25, -0.2) is 4.98 Å². The summed E-state index contributed by atoms with van der Waals surface area (Å²) < 4.78 is 1.98. The Morgan fingerprint density at radius 1 is 1.20 bits per heavy atom. The molecule has 1 N–H and O–H groups in total. The normalized spacial score (nSPS) is 26.2. The molecule has 0 bridgehead atoms. The molecule has 6 nitrogen and oxygen atoms in total. The topological polar surface area (TPSA) is 66.7 Å². The molecule has 4 heterocycles. The van der Waals surface area contributed by atoms with Gasteiger partial charge in [-0.15, -0.1) is 0 Å². The van der Waals surface area contributed by atoms with Gasteiger partial charge in [0, 0.05) is 32.0 Å². The number of carbonyl (C=O) groups excluding carboxylic acids is 2. The Labute approximate surface area is 115 Å². The second-order valence-electron chi connectivity index (χ2n) is 5.46. The highest BCUT2D eigenvalue weighted by atomic mass is 16.2. The number of aromatic nitrogens is 2. The summed E-state index contributed by atoms with van der Waals surface area (Å²) in [6.07, 6.45) is 3.95. The van der Waals surface area contributed by atoms with E-state index in [0.29, 0.717) is 19.6 Å². The molecule has 2 unspecified atom stereocenters. The Bertz CT molecular complexity index is 653. The lowest BCUT2D eigenvalue weighted by Gasteiger charge is -2.14. The third-order valence-corrected chi connectivity index (χ3v) is 4.11. The molecule has 0 aromatic carbocycles. The molecule has 20 heavy (non-hydrogen) atoms. The summed E-state index contributed by atoms with van der Waals surface area (Å²) in [7, 11) is 0. The largest absolute Gasteiger partial charge is 0.307 e. The molecule has 2 aromatic rings. The molecule has 0 aliphatic carbocycles. The van der Waals surface area contributed by atoms with Crippen LogP contribution in [0.2, 0.25) is 0 Å². The van der Waals surface area contributed by atoms with Crippen molar-refractivity contribution in [3.8, 4) is 0 Å². The van der Waals surface area contributed by atoms with Crippen molar-refractivity contribution in [3.63, 3.8) is 0 Å². The second-order valence-corrected chi connectivity index (χ2v) is 5.46. The minimum Gasteiger partial charge on any atom is -0.307 e. The van der Waals surface area contributed by atoms with Gasteiger partial charge in [0.05, 0.1) is 17.5 Å². The third kappa shape index (κ3) is 1.72. The van der Waals surface area contributed by atoms with E-state index in [-0.39, 0.29) is 23.7 Å². The van der Waals surface area contributed by atoms with E-state index in [1.54, 1.807) is 0 Å². The van der Waals surface area contributed by atoms with Gasteiger partial charge in [-0.1, -0.05) is 6.07 Å². The van der Waals surface area contributed by atoms with E-state index in [1.165, 1.54) is 0 Å². The van der Waals surface area contributed by atoms with Crippen molar-refractivity contribution in [3.05, 3.63) is 36.3 Å². The molecule has 0 spiro atoms. The standard InChI is InChI=1S/C14H14N4O2/c19-13-10-7-17(8-11(10)14(20)16-13)5-9-6-18-4-2-1-3-12(18)15-9/h1-4,6,10-11H,5,7-8H2,(H,16,19,20). The van der Waals surface area contributed by atoms with Gasteiger partial charge in [0.25, 0.3) is 0 Å². The second kappa shape index (κ2) is 4.14. The molecule has 6 heteroatoms. The fourth-order valence-electron chi connectivity index (χ4n) is 3.15. The molecule has 2 atom stereocenters. The van der Waals surface area contributed by atoms with Crippen LogP contribution in [-0.4, -0.2) is 39.2 Å². The fourth-order valence-corrected chi connectivity index (χ4v) is 3.15. The van der Waals surface area contributed by atoms with Crippen LogP contribution in [0, 0.1) is 11.8 Å². The highest BCUT2D eigenvalue weighted by molar-refractivity contribution is 6.05. The molecule has 2 aliphatic heterocycles. The van der Waals surface area contributed by atoms with Crippen LogP contribution in [0.3, 0.4) is 0 Å². The minimum absolute atomic E-state index is 0.127. The monoisotopic (exact) mass is 270 g/mol. The molecule has 2 amide bonds. The van der Waals surface area contributed by atoms with Gasteiger partial charge >= 0.3 is 0 Å². The van der Waals surface area contributed by atoms with Crippen molar-refractivity contribution in [1.82, 2.24) is 19.6 Å². The van der Waals surface area contributed by atoms with Crippen LogP contribution in [0.5, 0.6) is 0 Å². The number of hydrogen-bond donors (Lipinski definition) is 1. The maximum atomic E-state index is 11.6. The van der Waals surface area contributed by atoms with Crippen molar-refractivity contribution in [2.45, 2.75) is 6.54 Å². The molecule has 102 valence electrons. The third-order valence-electron chi connectivity index (χ3n) is 4.11. The molecular weight excluding hydrogens is 256 g/mol. The predicted molar refractivity (Wildman–Crippen MR) is 70.6 cm³/mol. The quantitative estimate of drug-likeness (QED) is 0.782. The van der Waals surface area contributed by atoms with Crippen molar-refractivity contribution in [2.75, 3.05) is 13.1 Å². The van der Waals surface area contributed by atoms with E-state index in [2.05, 4.69) is 15.2 Å². The molecule has 0 radical (unpaired) electrons. The molecule has 2 fully saturated rings. The number of likely N-dealkylation sites (tertiary alicyclic amines) is 1. The molecule has 4 rings (SSSR count). The van der Waals surface area contributed by atoms with Crippen molar-refractivity contribution in [1.29, 1.82) is 0 Å². The minimum atomic E-state index is -0.181. The number of nitrogens with zero attached hydrogens (tertiary/aromatic N) is 3. The van der Waals surface area contributed by atoms with Crippen LogP contribution >= 0.6 is 0 Å². The Morgan fingerprint density at radius 2 is 1.95 bits per heavy atom. The zero-order valence-electron chi connectivity index (χ0n) is 10.8. The van der Waals surface area contributed by atoms with Crippen molar-refractivity contribution in [2.24, 2.45) is 11.8 Å². The number of imidazole rings is 1. The fraction of sp³-hybridized carbons (Fsp3) is 0.357.